The Labute approximate surface area is 186 Å². The smallest absolute Gasteiger partial charge is 0.224 e. The summed E-state index contributed by atoms with van der Waals surface area (Å²) < 4.78 is 5.36. The van der Waals surface area contributed by atoms with Crippen molar-refractivity contribution in [2.75, 3.05) is 24.3 Å². The fraction of sp³-hybridized carbons (Fsp3) is 0.200. The van der Waals surface area contributed by atoms with Gasteiger partial charge in [0.05, 0.1) is 7.11 Å². The largest absolute Gasteiger partial charge is 0.497 e. The maximum absolute atomic E-state index is 5.36. The number of fused-ring (bicyclic) bond motifs is 2. The highest BCUT2D eigenvalue weighted by molar-refractivity contribution is 5.85. The van der Waals surface area contributed by atoms with E-state index >= 15 is 0 Å². The van der Waals surface area contributed by atoms with Gasteiger partial charge in [0, 0.05) is 52.3 Å². The van der Waals surface area contributed by atoms with Gasteiger partial charge in [-0.1, -0.05) is 6.07 Å². The van der Waals surface area contributed by atoms with Crippen molar-refractivity contribution >= 4 is 39.3 Å². The second-order valence-electron chi connectivity index (χ2n) is 8.00. The topological polar surface area (TPSA) is 90.6 Å². The number of anilines is 3. The summed E-state index contributed by atoms with van der Waals surface area (Å²) in [6, 6.07) is 16.4. The Kier molecular flexibility index (Phi) is 5.15. The number of ether oxygens (including phenoxy) is 1. The van der Waals surface area contributed by atoms with Gasteiger partial charge < -0.3 is 25.3 Å². The highest BCUT2D eigenvalue weighted by Gasteiger charge is 2.07. The molecule has 2 aromatic carbocycles. The molecule has 0 radical (unpaired) electrons. The lowest BCUT2D eigenvalue weighted by molar-refractivity contribution is 0.415. The molecule has 0 fully saturated rings. The van der Waals surface area contributed by atoms with E-state index in [0.717, 1.165) is 52.6 Å². The molecular weight excluding hydrogens is 400 g/mol. The summed E-state index contributed by atoms with van der Waals surface area (Å²) in [6.07, 6.45) is 2.89. The number of hydrogen-bond donors (Lipinski definition) is 4. The third kappa shape index (κ3) is 4.09. The maximum atomic E-state index is 5.36. The van der Waals surface area contributed by atoms with Crippen LogP contribution in [-0.2, 0) is 6.42 Å². The van der Waals surface area contributed by atoms with E-state index in [9.17, 15) is 0 Å². The molecule has 7 nitrogen and oxygen atoms in total. The second-order valence-corrected chi connectivity index (χ2v) is 8.00. The van der Waals surface area contributed by atoms with Gasteiger partial charge in [-0.15, -0.1) is 0 Å². The van der Waals surface area contributed by atoms with Crippen LogP contribution < -0.4 is 15.4 Å². The SMILES string of the molecule is COc1ccc2[nH]cc(CCNc3nc(C)cc(Nc4ccc5cc(C)[nH]c5c4)n3)c2c1. The molecule has 0 unspecified atom stereocenters. The zero-order valence-corrected chi connectivity index (χ0v) is 18.4. The zero-order chi connectivity index (χ0) is 22.1. The number of hydrogen-bond acceptors (Lipinski definition) is 5. The molecule has 7 heteroatoms. The van der Waals surface area contributed by atoms with Gasteiger partial charge >= 0.3 is 0 Å². The minimum atomic E-state index is 0.613. The number of nitrogens with one attached hydrogen (secondary N) is 4. The molecule has 32 heavy (non-hydrogen) atoms. The first-order valence-electron chi connectivity index (χ1n) is 10.7. The lowest BCUT2D eigenvalue weighted by Gasteiger charge is -2.10. The lowest BCUT2D eigenvalue weighted by Crippen LogP contribution is -2.09. The summed E-state index contributed by atoms with van der Waals surface area (Å²) in [7, 11) is 1.69. The quantitative estimate of drug-likeness (QED) is 0.277. The molecule has 5 rings (SSSR count). The van der Waals surface area contributed by atoms with E-state index in [1.54, 1.807) is 7.11 Å². The second kappa shape index (κ2) is 8.26. The standard InChI is InChI=1S/C25H26N6O/c1-15-10-17-4-5-19(12-23(17)28-15)30-24-11-16(2)29-25(31-24)26-9-8-18-14-27-22-7-6-20(32-3)13-21(18)22/h4-7,10-14,27-28H,8-9H2,1-3H3,(H2,26,29,30,31). The first kappa shape index (κ1) is 19.9. The van der Waals surface area contributed by atoms with E-state index in [4.69, 9.17) is 4.74 Å². The third-order valence-corrected chi connectivity index (χ3v) is 5.54. The van der Waals surface area contributed by atoms with Crippen LogP contribution >= 0.6 is 0 Å². The lowest BCUT2D eigenvalue weighted by atomic mass is 10.1. The fourth-order valence-electron chi connectivity index (χ4n) is 4.01. The summed E-state index contributed by atoms with van der Waals surface area (Å²) in [5.74, 6) is 2.23. The average Bonchev–Trinajstić information content (AvgIpc) is 3.35. The van der Waals surface area contributed by atoms with Crippen LogP contribution in [0.2, 0.25) is 0 Å². The van der Waals surface area contributed by atoms with Gasteiger partial charge in [-0.3, -0.25) is 0 Å². The van der Waals surface area contributed by atoms with Gasteiger partial charge in [0.2, 0.25) is 5.95 Å². The van der Waals surface area contributed by atoms with Crippen LogP contribution in [0, 0.1) is 13.8 Å². The van der Waals surface area contributed by atoms with E-state index in [1.807, 2.05) is 31.3 Å². The normalized spacial score (nSPS) is 11.2. The molecule has 3 heterocycles. The molecule has 0 aliphatic rings. The van der Waals surface area contributed by atoms with Gasteiger partial charge in [0.25, 0.3) is 0 Å². The highest BCUT2D eigenvalue weighted by Crippen LogP contribution is 2.25. The highest BCUT2D eigenvalue weighted by atomic mass is 16.5. The molecule has 162 valence electrons. The molecule has 0 spiro atoms. The van der Waals surface area contributed by atoms with Crippen molar-refractivity contribution in [2.24, 2.45) is 0 Å². The van der Waals surface area contributed by atoms with E-state index in [0.29, 0.717) is 5.95 Å². The van der Waals surface area contributed by atoms with Crippen LogP contribution in [0.15, 0.2) is 54.7 Å². The Morgan fingerprint density at radius 2 is 1.88 bits per heavy atom. The minimum absolute atomic E-state index is 0.613. The Balaban J connectivity index is 1.28. The number of aromatic amines is 2. The Morgan fingerprint density at radius 1 is 0.969 bits per heavy atom. The molecule has 4 N–H and O–H groups in total. The number of aromatic nitrogens is 4. The molecule has 0 aliphatic carbocycles. The molecule has 3 aromatic heterocycles. The zero-order valence-electron chi connectivity index (χ0n) is 18.4. The molecule has 5 aromatic rings. The molecule has 0 saturated carbocycles. The average molecular weight is 427 g/mol. The molecule has 0 atom stereocenters. The summed E-state index contributed by atoms with van der Waals surface area (Å²) in [4.78, 5) is 15.9. The number of H-pyrrole nitrogens is 2. The molecule has 0 aliphatic heterocycles. The molecular formula is C25H26N6O. The summed E-state index contributed by atoms with van der Waals surface area (Å²) in [6.45, 7) is 4.76. The monoisotopic (exact) mass is 426 g/mol. The minimum Gasteiger partial charge on any atom is -0.497 e. The number of methoxy groups -OCH3 is 1. The van der Waals surface area contributed by atoms with E-state index in [1.165, 1.54) is 16.3 Å². The van der Waals surface area contributed by atoms with Crippen LogP contribution in [0.4, 0.5) is 17.5 Å². The Morgan fingerprint density at radius 3 is 2.75 bits per heavy atom. The van der Waals surface area contributed by atoms with E-state index < -0.39 is 0 Å². The molecule has 0 amide bonds. The summed E-state index contributed by atoms with van der Waals surface area (Å²) >= 11 is 0. The van der Waals surface area contributed by atoms with Crippen LogP contribution in [0.1, 0.15) is 17.0 Å². The predicted octanol–water partition coefficient (Wildman–Crippen LogP) is 5.46. The molecule has 0 saturated heterocycles. The maximum Gasteiger partial charge on any atom is 0.224 e. The Hall–Kier alpha value is -4.00. The van der Waals surface area contributed by atoms with Crippen LogP contribution in [0.5, 0.6) is 5.75 Å². The first-order valence-corrected chi connectivity index (χ1v) is 10.7. The van der Waals surface area contributed by atoms with Crippen molar-refractivity contribution < 1.29 is 4.74 Å². The number of benzene rings is 2. The molecule has 0 bridgehead atoms. The van der Waals surface area contributed by atoms with Crippen molar-refractivity contribution in [2.45, 2.75) is 20.3 Å². The Bertz CT molecular complexity index is 1400. The van der Waals surface area contributed by atoms with Crippen LogP contribution in [0.25, 0.3) is 21.8 Å². The summed E-state index contributed by atoms with van der Waals surface area (Å²) in [5, 5.41) is 9.13. The summed E-state index contributed by atoms with van der Waals surface area (Å²) in [5.41, 5.74) is 6.47. The van der Waals surface area contributed by atoms with Crippen LogP contribution in [-0.4, -0.2) is 33.6 Å². The van der Waals surface area contributed by atoms with Gasteiger partial charge in [-0.05, 0) is 67.6 Å². The van der Waals surface area contributed by atoms with Gasteiger partial charge in [0.15, 0.2) is 0 Å². The van der Waals surface area contributed by atoms with Crippen molar-refractivity contribution in [3.05, 3.63) is 71.7 Å². The third-order valence-electron chi connectivity index (χ3n) is 5.54. The predicted molar refractivity (Wildman–Crippen MR) is 130 cm³/mol. The van der Waals surface area contributed by atoms with Crippen molar-refractivity contribution in [1.29, 1.82) is 0 Å². The van der Waals surface area contributed by atoms with Crippen LogP contribution in [0.3, 0.4) is 0 Å². The van der Waals surface area contributed by atoms with Crippen molar-refractivity contribution in [1.82, 2.24) is 19.9 Å². The van der Waals surface area contributed by atoms with Crippen molar-refractivity contribution in [3.63, 3.8) is 0 Å². The number of nitrogens with zero attached hydrogens (tertiary/aromatic N) is 2. The number of aryl methyl sites for hydroxylation is 2. The van der Waals surface area contributed by atoms with Gasteiger partial charge in [0.1, 0.15) is 11.6 Å². The van der Waals surface area contributed by atoms with E-state index in [-0.39, 0.29) is 0 Å². The fourth-order valence-corrected chi connectivity index (χ4v) is 4.01. The van der Waals surface area contributed by atoms with E-state index in [2.05, 4.69) is 67.8 Å². The number of rotatable bonds is 7. The van der Waals surface area contributed by atoms with Gasteiger partial charge in [-0.2, -0.15) is 4.98 Å². The van der Waals surface area contributed by atoms with Crippen molar-refractivity contribution in [3.8, 4) is 5.75 Å². The first-order chi connectivity index (χ1) is 15.6. The van der Waals surface area contributed by atoms with Gasteiger partial charge in [-0.25, -0.2) is 4.98 Å².